The predicted molar refractivity (Wildman–Crippen MR) is 142 cm³/mol. The first-order chi connectivity index (χ1) is 17.1. The molecule has 4 saturated carbocycles. The molecule has 0 spiro atoms. The lowest BCUT2D eigenvalue weighted by Gasteiger charge is -2.56. The molecule has 5 aliphatic carbocycles. The van der Waals surface area contributed by atoms with E-state index >= 15 is 0 Å². The maximum atomic E-state index is 13.1. The highest BCUT2D eigenvalue weighted by molar-refractivity contribution is 8.00. The van der Waals surface area contributed by atoms with Crippen LogP contribution in [0.2, 0.25) is 0 Å². The molecule has 0 amide bonds. The zero-order valence-electron chi connectivity index (χ0n) is 20.3. The third-order valence-electron chi connectivity index (χ3n) is 9.05. The van der Waals surface area contributed by atoms with E-state index in [9.17, 15) is 4.79 Å². The second-order valence-corrected chi connectivity index (χ2v) is 13.4. The lowest BCUT2D eigenvalue weighted by Crippen LogP contribution is -2.49. The molecule has 6 heteroatoms. The quantitative estimate of drug-likeness (QED) is 0.205. The van der Waals surface area contributed by atoms with Crippen molar-refractivity contribution in [3.8, 4) is 5.75 Å². The maximum Gasteiger partial charge on any atom is 0.173 e. The number of aryl methyl sites for hydroxylation is 2. The number of ketones is 1. The zero-order valence-corrected chi connectivity index (χ0v) is 22.0. The van der Waals surface area contributed by atoms with Crippen LogP contribution in [0, 0.1) is 17.8 Å². The van der Waals surface area contributed by atoms with Crippen molar-refractivity contribution in [1.29, 1.82) is 0 Å². The fraction of sp³-hybridized carbons (Fsp3) is 0.552. The number of hydrogen-bond acceptors (Lipinski definition) is 6. The molecular weight excluding hydrogens is 472 g/mol. The molecule has 182 valence electrons. The van der Waals surface area contributed by atoms with Crippen molar-refractivity contribution in [1.82, 2.24) is 9.97 Å². The zero-order chi connectivity index (χ0) is 23.6. The summed E-state index contributed by atoms with van der Waals surface area (Å²) in [5, 5.41) is 2.31. The van der Waals surface area contributed by atoms with Crippen LogP contribution in [0.5, 0.6) is 5.75 Å². The predicted octanol–water partition coefficient (Wildman–Crippen LogP) is 7.02. The largest absolute Gasteiger partial charge is 0.497 e. The molecule has 0 atom stereocenters. The van der Waals surface area contributed by atoms with E-state index in [1.807, 2.05) is 35.6 Å². The second-order valence-electron chi connectivity index (χ2n) is 11.4. The number of ether oxygens (including phenoxy) is 1. The molecule has 0 N–H and O–H groups in total. The van der Waals surface area contributed by atoms with Crippen molar-refractivity contribution < 1.29 is 9.53 Å². The number of aromatic nitrogens is 2. The minimum Gasteiger partial charge on any atom is -0.497 e. The van der Waals surface area contributed by atoms with Crippen molar-refractivity contribution in [2.24, 2.45) is 17.8 Å². The van der Waals surface area contributed by atoms with Crippen LogP contribution < -0.4 is 4.74 Å². The number of carbonyl (C=O) groups is 1. The van der Waals surface area contributed by atoms with E-state index in [0.29, 0.717) is 5.75 Å². The van der Waals surface area contributed by atoms with Gasteiger partial charge in [-0.3, -0.25) is 4.79 Å². The van der Waals surface area contributed by atoms with Gasteiger partial charge < -0.3 is 4.74 Å². The summed E-state index contributed by atoms with van der Waals surface area (Å²) < 4.78 is 5.25. The number of hydrogen-bond donors (Lipinski definition) is 0. The van der Waals surface area contributed by atoms with Gasteiger partial charge in [0.05, 0.1) is 12.9 Å². The average molecular weight is 505 g/mol. The number of nitrogens with zero attached hydrogens (tertiary/aromatic N) is 2. The molecule has 5 aliphatic rings. The number of methoxy groups -OCH3 is 1. The molecule has 0 saturated heterocycles. The smallest absolute Gasteiger partial charge is 0.173 e. The first-order valence-corrected chi connectivity index (χ1v) is 15.0. The average Bonchev–Trinajstić information content (AvgIpc) is 3.25. The normalized spacial score (nSPS) is 28.9. The number of rotatable bonds is 6. The van der Waals surface area contributed by atoms with Crippen molar-refractivity contribution in [2.75, 3.05) is 12.9 Å². The molecule has 2 heterocycles. The third-order valence-corrected chi connectivity index (χ3v) is 11.2. The van der Waals surface area contributed by atoms with Crippen molar-refractivity contribution in [3.63, 3.8) is 0 Å². The van der Waals surface area contributed by atoms with Gasteiger partial charge in [-0.15, -0.1) is 11.3 Å². The summed E-state index contributed by atoms with van der Waals surface area (Å²) in [5.74, 6) is 5.02. The van der Waals surface area contributed by atoms with Gasteiger partial charge in [-0.1, -0.05) is 11.8 Å². The van der Waals surface area contributed by atoms with Crippen molar-refractivity contribution >= 4 is 39.1 Å². The number of thioether (sulfide) groups is 1. The summed E-state index contributed by atoms with van der Waals surface area (Å²) in [5.41, 5.74) is 2.37. The molecule has 4 nitrogen and oxygen atoms in total. The van der Waals surface area contributed by atoms with E-state index in [-0.39, 0.29) is 11.2 Å². The van der Waals surface area contributed by atoms with E-state index in [2.05, 4.69) is 0 Å². The van der Waals surface area contributed by atoms with Crippen LogP contribution in [0.3, 0.4) is 0 Å². The summed E-state index contributed by atoms with van der Waals surface area (Å²) in [7, 11) is 1.65. The fourth-order valence-electron chi connectivity index (χ4n) is 7.84. The van der Waals surface area contributed by atoms with Gasteiger partial charge in [0.25, 0.3) is 0 Å². The Morgan fingerprint density at radius 1 is 1.03 bits per heavy atom. The molecule has 0 radical (unpaired) electrons. The molecular formula is C29H32N2O2S2. The number of Topliss-reactive ketones (excluding diaryl/α,β-unsaturated/α-hetero) is 1. The van der Waals surface area contributed by atoms with Crippen LogP contribution in [0.1, 0.15) is 78.0 Å². The minimum absolute atomic E-state index is 0.143. The van der Waals surface area contributed by atoms with Gasteiger partial charge in [-0.05, 0) is 112 Å². The van der Waals surface area contributed by atoms with E-state index in [0.717, 1.165) is 52.8 Å². The first kappa shape index (κ1) is 22.3. The number of carbonyl (C=O) groups excluding carboxylic acids is 1. The SMILES string of the molecule is COc1ccc(C(=O)CSc2nc(C34CC5CC(CC(C5)C3)C4)nc3sc4c(c23)CCCC4)cc1. The topological polar surface area (TPSA) is 52.1 Å². The molecule has 3 aromatic rings. The van der Waals surface area contributed by atoms with Gasteiger partial charge >= 0.3 is 0 Å². The van der Waals surface area contributed by atoms with Crippen LogP contribution in [-0.4, -0.2) is 28.6 Å². The van der Waals surface area contributed by atoms with E-state index in [1.54, 1.807) is 18.9 Å². The molecule has 4 fully saturated rings. The Kier molecular flexibility index (Phi) is 5.47. The highest BCUT2D eigenvalue weighted by Gasteiger charge is 2.53. The Morgan fingerprint density at radius 2 is 1.71 bits per heavy atom. The van der Waals surface area contributed by atoms with Crippen LogP contribution >= 0.6 is 23.1 Å². The van der Waals surface area contributed by atoms with Crippen molar-refractivity contribution in [2.45, 2.75) is 74.6 Å². The Balaban J connectivity index is 1.26. The van der Waals surface area contributed by atoms with Gasteiger partial charge in [-0.2, -0.15) is 0 Å². The molecule has 8 rings (SSSR count). The summed E-state index contributed by atoms with van der Waals surface area (Å²) in [6.45, 7) is 0. The molecule has 2 aromatic heterocycles. The summed E-state index contributed by atoms with van der Waals surface area (Å²) in [6.07, 6.45) is 12.9. The van der Waals surface area contributed by atoms with E-state index in [4.69, 9.17) is 14.7 Å². The molecule has 0 unspecified atom stereocenters. The highest BCUT2D eigenvalue weighted by atomic mass is 32.2. The maximum absolute atomic E-state index is 13.1. The number of thiophene rings is 1. The van der Waals surface area contributed by atoms with Gasteiger partial charge in [0.15, 0.2) is 5.78 Å². The van der Waals surface area contributed by atoms with Crippen LogP contribution in [0.4, 0.5) is 0 Å². The molecule has 35 heavy (non-hydrogen) atoms. The standard InChI is InChI=1S/C29H32N2O2S2/c1-33-21-8-6-20(7-9-21)23(32)16-34-26-25-22-4-2-3-5-24(22)35-27(25)31-28(30-26)29-13-17-10-18(14-29)12-19(11-17)15-29/h6-9,17-19H,2-5,10-16H2,1H3. The molecule has 4 bridgehead atoms. The number of fused-ring (bicyclic) bond motifs is 3. The summed E-state index contributed by atoms with van der Waals surface area (Å²) in [6, 6.07) is 7.46. The minimum atomic E-state index is 0.143. The van der Waals surface area contributed by atoms with Gasteiger partial charge in [0.2, 0.25) is 0 Å². The van der Waals surface area contributed by atoms with Crippen molar-refractivity contribution in [3.05, 3.63) is 46.1 Å². The Labute approximate surface area is 215 Å². The van der Waals surface area contributed by atoms with E-state index in [1.165, 1.54) is 72.0 Å². The molecule has 1 aromatic carbocycles. The Hall–Kier alpha value is -1.92. The van der Waals surface area contributed by atoms with Gasteiger partial charge in [0, 0.05) is 21.2 Å². The summed E-state index contributed by atoms with van der Waals surface area (Å²) in [4.78, 5) is 26.4. The second kappa shape index (κ2) is 8.58. The van der Waals surface area contributed by atoms with Crippen LogP contribution in [-0.2, 0) is 18.3 Å². The Morgan fingerprint density at radius 3 is 2.40 bits per heavy atom. The first-order valence-electron chi connectivity index (χ1n) is 13.2. The third kappa shape index (κ3) is 3.83. The summed E-state index contributed by atoms with van der Waals surface area (Å²) >= 11 is 3.54. The van der Waals surface area contributed by atoms with Crippen LogP contribution in [0.15, 0.2) is 29.3 Å². The lowest BCUT2D eigenvalue weighted by atomic mass is 9.49. The monoisotopic (exact) mass is 504 g/mol. The molecule has 0 aliphatic heterocycles. The van der Waals surface area contributed by atoms with Gasteiger partial charge in [0.1, 0.15) is 21.4 Å². The van der Waals surface area contributed by atoms with E-state index < -0.39 is 0 Å². The van der Waals surface area contributed by atoms with Gasteiger partial charge in [-0.25, -0.2) is 9.97 Å². The van der Waals surface area contributed by atoms with Crippen LogP contribution in [0.25, 0.3) is 10.2 Å². The Bertz CT molecular complexity index is 1260. The lowest BCUT2D eigenvalue weighted by molar-refractivity contribution is -0.00946. The highest BCUT2D eigenvalue weighted by Crippen LogP contribution is 2.60. The number of benzene rings is 1. The fourth-order valence-corrected chi connectivity index (χ4v) is 10.1.